The highest BCUT2D eigenvalue weighted by Crippen LogP contribution is 2.39. The highest BCUT2D eigenvalue weighted by atomic mass is 35.5. The molecule has 2 heterocycles. The van der Waals surface area contributed by atoms with Crippen LogP contribution < -0.4 is 9.47 Å². The van der Waals surface area contributed by atoms with Crippen molar-refractivity contribution in [2.45, 2.75) is 23.2 Å². The number of rotatable bonds is 6. The van der Waals surface area contributed by atoms with Gasteiger partial charge in [0, 0.05) is 17.1 Å². The van der Waals surface area contributed by atoms with Gasteiger partial charge in [-0.1, -0.05) is 23.4 Å². The molecule has 0 aliphatic carbocycles. The molecular formula is C21H21ClN2O3S2. The summed E-state index contributed by atoms with van der Waals surface area (Å²) in [4.78, 5) is 19.6. The molecule has 0 radical (unpaired) electrons. The minimum absolute atomic E-state index is 0.00215. The van der Waals surface area contributed by atoms with Crippen LogP contribution in [0.25, 0.3) is 10.2 Å². The predicted octanol–water partition coefficient (Wildman–Crippen LogP) is 5.42. The van der Waals surface area contributed by atoms with E-state index in [9.17, 15) is 4.79 Å². The zero-order chi connectivity index (χ0) is 20.4. The average Bonchev–Trinajstić information content (AvgIpc) is 3.38. The topological polar surface area (TPSA) is 51.7 Å². The van der Waals surface area contributed by atoms with Crippen molar-refractivity contribution >= 4 is 50.8 Å². The Morgan fingerprint density at radius 3 is 2.93 bits per heavy atom. The third kappa shape index (κ3) is 4.32. The van der Waals surface area contributed by atoms with E-state index in [1.807, 2.05) is 41.3 Å². The van der Waals surface area contributed by atoms with Crippen LogP contribution in [0, 0.1) is 0 Å². The number of nitrogens with zero attached hydrogens (tertiary/aromatic N) is 2. The number of thiazole rings is 1. The van der Waals surface area contributed by atoms with Gasteiger partial charge in [0.2, 0.25) is 5.91 Å². The Labute approximate surface area is 183 Å². The average molecular weight is 449 g/mol. The standard InChI is InChI=1S/C21H21ClN2O3S2/c1-26-14-6-7-18(27-2)15(11-14)17-4-3-9-24(17)20(25)12-28-21-23-16-10-13(22)5-8-19(16)29-21/h5-8,10-11,17H,3-4,9,12H2,1-2H3. The third-order valence-corrected chi connectivity index (χ3v) is 7.42. The highest BCUT2D eigenvalue weighted by molar-refractivity contribution is 8.01. The maximum absolute atomic E-state index is 13.0. The van der Waals surface area contributed by atoms with Crippen LogP contribution in [-0.4, -0.2) is 42.3 Å². The number of hydrogen-bond acceptors (Lipinski definition) is 6. The maximum atomic E-state index is 13.0. The Hall–Kier alpha value is -1.96. The van der Waals surface area contributed by atoms with E-state index in [0.29, 0.717) is 10.8 Å². The molecule has 3 aromatic rings. The van der Waals surface area contributed by atoms with Crippen LogP contribution in [0.5, 0.6) is 11.5 Å². The molecule has 1 unspecified atom stereocenters. The fourth-order valence-corrected chi connectivity index (χ4v) is 5.74. The Morgan fingerprint density at radius 1 is 1.28 bits per heavy atom. The Kier molecular flexibility index (Phi) is 6.18. The molecule has 1 amide bonds. The van der Waals surface area contributed by atoms with E-state index in [1.54, 1.807) is 25.6 Å². The van der Waals surface area contributed by atoms with Crippen LogP contribution in [0.4, 0.5) is 0 Å². The van der Waals surface area contributed by atoms with Gasteiger partial charge in [-0.3, -0.25) is 4.79 Å². The second kappa shape index (κ2) is 8.81. The van der Waals surface area contributed by atoms with Crippen molar-refractivity contribution in [2.24, 2.45) is 0 Å². The van der Waals surface area contributed by atoms with Gasteiger partial charge in [-0.15, -0.1) is 11.3 Å². The summed E-state index contributed by atoms with van der Waals surface area (Å²) in [6.07, 6.45) is 1.89. The fraction of sp³-hybridized carbons (Fsp3) is 0.333. The molecule has 0 spiro atoms. The van der Waals surface area contributed by atoms with Crippen LogP contribution in [0.3, 0.4) is 0 Å². The second-order valence-electron chi connectivity index (χ2n) is 6.73. The second-order valence-corrected chi connectivity index (χ2v) is 9.42. The van der Waals surface area contributed by atoms with Crippen LogP contribution in [0.1, 0.15) is 24.4 Å². The van der Waals surface area contributed by atoms with Gasteiger partial charge < -0.3 is 14.4 Å². The van der Waals surface area contributed by atoms with Crippen molar-refractivity contribution in [1.29, 1.82) is 0 Å². The fourth-order valence-electron chi connectivity index (χ4n) is 3.64. The van der Waals surface area contributed by atoms with Gasteiger partial charge in [0.05, 0.1) is 36.2 Å². The zero-order valence-electron chi connectivity index (χ0n) is 16.2. The molecule has 0 bridgehead atoms. The smallest absolute Gasteiger partial charge is 0.233 e. The maximum Gasteiger partial charge on any atom is 0.233 e. The molecule has 8 heteroatoms. The molecule has 152 valence electrons. The van der Waals surface area contributed by atoms with E-state index in [4.69, 9.17) is 21.1 Å². The minimum atomic E-state index is 0.00215. The van der Waals surface area contributed by atoms with E-state index < -0.39 is 0 Å². The lowest BCUT2D eigenvalue weighted by Gasteiger charge is -2.26. The van der Waals surface area contributed by atoms with E-state index in [1.165, 1.54) is 11.8 Å². The van der Waals surface area contributed by atoms with Crippen molar-refractivity contribution < 1.29 is 14.3 Å². The van der Waals surface area contributed by atoms with Gasteiger partial charge in [-0.2, -0.15) is 0 Å². The van der Waals surface area contributed by atoms with Crippen LogP contribution >= 0.6 is 34.7 Å². The molecule has 0 N–H and O–H groups in total. The molecular weight excluding hydrogens is 428 g/mol. The van der Waals surface area contributed by atoms with Gasteiger partial charge in [0.1, 0.15) is 11.5 Å². The molecule has 2 aromatic carbocycles. The monoisotopic (exact) mass is 448 g/mol. The van der Waals surface area contributed by atoms with E-state index in [-0.39, 0.29) is 11.9 Å². The van der Waals surface area contributed by atoms with Crippen molar-refractivity contribution in [2.75, 3.05) is 26.5 Å². The number of benzene rings is 2. The van der Waals surface area contributed by atoms with Gasteiger partial charge >= 0.3 is 0 Å². The first kappa shape index (κ1) is 20.3. The summed E-state index contributed by atoms with van der Waals surface area (Å²) in [5.74, 6) is 2.02. The number of carbonyl (C=O) groups excluding carboxylic acids is 1. The first-order chi connectivity index (χ1) is 14.1. The number of thioether (sulfide) groups is 1. The number of carbonyl (C=O) groups is 1. The molecule has 1 aliphatic heterocycles. The van der Waals surface area contributed by atoms with Gasteiger partial charge in [-0.05, 0) is 49.2 Å². The summed E-state index contributed by atoms with van der Waals surface area (Å²) in [6, 6.07) is 11.4. The molecule has 0 saturated carbocycles. The highest BCUT2D eigenvalue weighted by Gasteiger charge is 2.32. The van der Waals surface area contributed by atoms with Crippen LogP contribution in [-0.2, 0) is 4.79 Å². The van der Waals surface area contributed by atoms with E-state index in [2.05, 4.69) is 4.98 Å². The number of fused-ring (bicyclic) bond motifs is 1. The SMILES string of the molecule is COc1ccc(OC)c(C2CCCN2C(=O)CSc2nc3cc(Cl)ccc3s2)c1. The molecule has 4 rings (SSSR count). The first-order valence-electron chi connectivity index (χ1n) is 9.29. The normalized spacial score (nSPS) is 16.4. The molecule has 1 aliphatic rings. The lowest BCUT2D eigenvalue weighted by Crippen LogP contribution is -2.32. The molecule has 1 fully saturated rings. The van der Waals surface area contributed by atoms with E-state index >= 15 is 0 Å². The summed E-state index contributed by atoms with van der Waals surface area (Å²) in [5, 5.41) is 0.669. The molecule has 1 atom stereocenters. The number of methoxy groups -OCH3 is 2. The summed E-state index contributed by atoms with van der Waals surface area (Å²) in [5.41, 5.74) is 1.87. The lowest BCUT2D eigenvalue weighted by molar-refractivity contribution is -0.129. The van der Waals surface area contributed by atoms with Crippen molar-refractivity contribution in [3.05, 3.63) is 47.0 Å². The summed E-state index contributed by atoms with van der Waals surface area (Å²) < 4.78 is 12.9. The number of ether oxygens (including phenoxy) is 2. The predicted molar refractivity (Wildman–Crippen MR) is 119 cm³/mol. The van der Waals surface area contributed by atoms with Gasteiger partial charge in [0.25, 0.3) is 0 Å². The van der Waals surface area contributed by atoms with Crippen LogP contribution in [0.15, 0.2) is 40.7 Å². The Balaban J connectivity index is 1.49. The number of amides is 1. The van der Waals surface area contributed by atoms with Crippen molar-refractivity contribution in [1.82, 2.24) is 9.88 Å². The summed E-state index contributed by atoms with van der Waals surface area (Å²) >= 11 is 9.10. The van der Waals surface area contributed by atoms with Gasteiger partial charge in [0.15, 0.2) is 4.34 Å². The quantitative estimate of drug-likeness (QED) is 0.471. The largest absolute Gasteiger partial charge is 0.497 e. The summed E-state index contributed by atoms with van der Waals surface area (Å²) in [7, 11) is 3.30. The lowest BCUT2D eigenvalue weighted by atomic mass is 10.0. The number of aromatic nitrogens is 1. The number of halogens is 1. The molecule has 5 nitrogen and oxygen atoms in total. The zero-order valence-corrected chi connectivity index (χ0v) is 18.6. The number of hydrogen-bond donors (Lipinski definition) is 0. The Bertz CT molecular complexity index is 1040. The number of likely N-dealkylation sites (tertiary alicyclic amines) is 1. The minimum Gasteiger partial charge on any atom is -0.497 e. The summed E-state index contributed by atoms with van der Waals surface area (Å²) in [6.45, 7) is 0.750. The van der Waals surface area contributed by atoms with E-state index in [0.717, 1.165) is 51.0 Å². The van der Waals surface area contributed by atoms with Crippen molar-refractivity contribution in [3.63, 3.8) is 0 Å². The Morgan fingerprint density at radius 2 is 2.14 bits per heavy atom. The van der Waals surface area contributed by atoms with Gasteiger partial charge in [-0.25, -0.2) is 4.98 Å². The first-order valence-corrected chi connectivity index (χ1v) is 11.5. The third-order valence-electron chi connectivity index (χ3n) is 5.02. The molecule has 29 heavy (non-hydrogen) atoms. The van der Waals surface area contributed by atoms with Crippen LogP contribution in [0.2, 0.25) is 5.02 Å². The molecule has 1 aromatic heterocycles. The van der Waals surface area contributed by atoms with Crippen molar-refractivity contribution in [3.8, 4) is 11.5 Å². The molecule has 1 saturated heterocycles.